The number of hydrogen-bond donors (Lipinski definition) is 2. The molecule has 1 unspecified atom stereocenters. The van der Waals surface area contributed by atoms with Gasteiger partial charge in [0.2, 0.25) is 0 Å². The third-order valence-electron chi connectivity index (χ3n) is 5.26. The van der Waals surface area contributed by atoms with Gasteiger partial charge < -0.3 is 19.8 Å². The Balaban J connectivity index is 1.41. The highest BCUT2D eigenvalue weighted by Crippen LogP contribution is 2.28. The molecule has 1 aliphatic heterocycles. The molecule has 4 heteroatoms. The summed E-state index contributed by atoms with van der Waals surface area (Å²) in [6, 6.07) is 8.69. The molecule has 0 spiro atoms. The number of aliphatic hydroxyl groups is 2. The Morgan fingerprint density at radius 3 is 2.44 bits per heavy atom. The lowest BCUT2D eigenvalue weighted by atomic mass is 9.90. The van der Waals surface area contributed by atoms with E-state index in [1.54, 1.807) is 0 Å². The van der Waals surface area contributed by atoms with Crippen LogP contribution < -0.4 is 4.74 Å². The number of benzene rings is 1. The van der Waals surface area contributed by atoms with Crippen molar-refractivity contribution >= 4 is 0 Å². The van der Waals surface area contributed by atoms with Gasteiger partial charge in [-0.3, -0.25) is 0 Å². The van der Waals surface area contributed by atoms with E-state index < -0.39 is 6.10 Å². The van der Waals surface area contributed by atoms with Crippen molar-refractivity contribution in [3.63, 3.8) is 0 Å². The summed E-state index contributed by atoms with van der Waals surface area (Å²) in [5.74, 6) is 12.3. The van der Waals surface area contributed by atoms with Gasteiger partial charge in [-0.15, -0.1) is 0 Å². The van der Waals surface area contributed by atoms with Crippen molar-refractivity contribution in [3.8, 4) is 29.4 Å². The molecule has 1 saturated carbocycles. The van der Waals surface area contributed by atoms with E-state index in [4.69, 9.17) is 9.84 Å². The van der Waals surface area contributed by atoms with E-state index in [1.807, 2.05) is 24.3 Å². The van der Waals surface area contributed by atoms with Gasteiger partial charge in [-0.25, -0.2) is 0 Å². The molecule has 1 aromatic rings. The summed E-state index contributed by atoms with van der Waals surface area (Å²) < 4.78 is 6.13. The Morgan fingerprint density at radius 1 is 1.07 bits per heavy atom. The van der Waals surface area contributed by atoms with Crippen molar-refractivity contribution in [1.29, 1.82) is 0 Å². The van der Waals surface area contributed by atoms with E-state index in [1.165, 1.54) is 19.3 Å². The first-order valence-corrected chi connectivity index (χ1v) is 10.0. The molecule has 27 heavy (non-hydrogen) atoms. The van der Waals surface area contributed by atoms with Gasteiger partial charge in [0.05, 0.1) is 6.61 Å². The third-order valence-corrected chi connectivity index (χ3v) is 5.26. The minimum Gasteiger partial charge on any atom is -0.490 e. The van der Waals surface area contributed by atoms with Gasteiger partial charge in [-0.2, -0.15) is 0 Å². The van der Waals surface area contributed by atoms with Crippen molar-refractivity contribution in [3.05, 3.63) is 29.8 Å². The maximum absolute atomic E-state index is 9.67. The number of piperidine rings is 1. The van der Waals surface area contributed by atoms with Crippen LogP contribution in [-0.4, -0.2) is 53.1 Å². The van der Waals surface area contributed by atoms with Gasteiger partial charge >= 0.3 is 0 Å². The highest BCUT2D eigenvalue weighted by atomic mass is 16.5. The van der Waals surface area contributed by atoms with Crippen LogP contribution in [0, 0.1) is 23.7 Å². The molecule has 2 aliphatic rings. The average Bonchev–Trinajstić information content (AvgIpc) is 2.64. The first-order chi connectivity index (χ1) is 13.2. The predicted molar refractivity (Wildman–Crippen MR) is 106 cm³/mol. The normalized spacial score (nSPS) is 19.2. The van der Waals surface area contributed by atoms with E-state index in [0.29, 0.717) is 18.9 Å². The van der Waals surface area contributed by atoms with Crippen LogP contribution in [0.3, 0.4) is 0 Å². The van der Waals surface area contributed by atoms with Crippen LogP contribution in [0.15, 0.2) is 24.3 Å². The second kappa shape index (κ2) is 10.4. The summed E-state index contributed by atoms with van der Waals surface area (Å²) >= 11 is 0. The van der Waals surface area contributed by atoms with Crippen LogP contribution in [-0.2, 0) is 0 Å². The average molecular weight is 367 g/mol. The zero-order valence-electron chi connectivity index (χ0n) is 15.9. The Hall–Kier alpha value is -1.98. The summed E-state index contributed by atoms with van der Waals surface area (Å²) in [4.78, 5) is 2.63. The van der Waals surface area contributed by atoms with Crippen molar-refractivity contribution in [2.24, 2.45) is 0 Å². The van der Waals surface area contributed by atoms with Gasteiger partial charge in [0.1, 0.15) is 18.0 Å². The molecule has 0 aromatic heterocycles. The molecule has 3 rings (SSSR count). The molecule has 0 bridgehead atoms. The second-order valence-electron chi connectivity index (χ2n) is 7.28. The maximum Gasteiger partial charge on any atom is 0.125 e. The number of hydrogen-bond acceptors (Lipinski definition) is 4. The fraction of sp³-hybridized carbons (Fsp3) is 0.565. The number of likely N-dealkylation sites (tertiary alicyclic amines) is 1. The van der Waals surface area contributed by atoms with Gasteiger partial charge in [-0.1, -0.05) is 30.1 Å². The van der Waals surface area contributed by atoms with Crippen LogP contribution >= 0.6 is 0 Å². The van der Waals surface area contributed by atoms with Crippen molar-refractivity contribution in [1.82, 2.24) is 4.90 Å². The van der Waals surface area contributed by atoms with Crippen LogP contribution in [0.4, 0.5) is 0 Å². The Labute approximate surface area is 162 Å². The zero-order valence-corrected chi connectivity index (χ0v) is 15.9. The molecule has 1 aliphatic carbocycles. The standard InChI is InChI=1S/C23H29NO3/c25-18-2-1-8-21(26)9-3-5-19-10-12-22(13-11-19)27-23-14-16-24(17-15-23)20-6-4-7-20/h10-13,20-21,23,25-26H,2,4,6-7,9,14-18H2. The minimum absolute atomic E-state index is 0.0133. The molecule has 2 fully saturated rings. The first-order valence-electron chi connectivity index (χ1n) is 10.0. The lowest BCUT2D eigenvalue weighted by molar-refractivity contribution is 0.0493. The number of rotatable bonds is 5. The summed E-state index contributed by atoms with van der Waals surface area (Å²) in [6.45, 7) is 2.32. The van der Waals surface area contributed by atoms with Gasteiger partial charge in [0.25, 0.3) is 0 Å². The Kier molecular flexibility index (Phi) is 7.60. The van der Waals surface area contributed by atoms with Gasteiger partial charge in [0, 0.05) is 37.5 Å². The topological polar surface area (TPSA) is 52.9 Å². The summed E-state index contributed by atoms with van der Waals surface area (Å²) in [7, 11) is 0. The number of nitrogens with zero attached hydrogens (tertiary/aromatic N) is 1. The fourth-order valence-corrected chi connectivity index (χ4v) is 3.47. The molecular formula is C23H29NO3. The number of ether oxygens (including phenoxy) is 1. The molecular weight excluding hydrogens is 338 g/mol. The lowest BCUT2D eigenvalue weighted by Crippen LogP contribution is -2.46. The van der Waals surface area contributed by atoms with Crippen LogP contribution in [0.25, 0.3) is 0 Å². The van der Waals surface area contributed by atoms with Crippen molar-refractivity contribution < 1.29 is 14.9 Å². The maximum atomic E-state index is 9.67. The molecule has 1 atom stereocenters. The van der Waals surface area contributed by atoms with Crippen molar-refractivity contribution in [2.75, 3.05) is 19.7 Å². The fourth-order valence-electron chi connectivity index (χ4n) is 3.47. The summed E-state index contributed by atoms with van der Waals surface area (Å²) in [5, 5.41) is 18.3. The van der Waals surface area contributed by atoms with E-state index >= 15 is 0 Å². The van der Waals surface area contributed by atoms with E-state index in [-0.39, 0.29) is 6.61 Å². The van der Waals surface area contributed by atoms with Gasteiger partial charge in [-0.05, 0) is 49.9 Å². The third kappa shape index (κ3) is 6.29. The molecule has 144 valence electrons. The Bertz CT molecular complexity index is 695. The van der Waals surface area contributed by atoms with E-state index in [9.17, 15) is 5.11 Å². The van der Waals surface area contributed by atoms with E-state index in [2.05, 4.69) is 28.6 Å². The Morgan fingerprint density at radius 2 is 1.81 bits per heavy atom. The second-order valence-corrected chi connectivity index (χ2v) is 7.28. The molecule has 2 N–H and O–H groups in total. The number of aliphatic hydroxyl groups excluding tert-OH is 2. The molecule has 0 radical (unpaired) electrons. The van der Waals surface area contributed by atoms with Crippen LogP contribution in [0.5, 0.6) is 5.75 Å². The SMILES string of the molecule is OCCC#CC(O)CC#Cc1ccc(OC2CCN(C3CCC3)CC2)cc1. The van der Waals surface area contributed by atoms with Gasteiger partial charge in [0.15, 0.2) is 0 Å². The van der Waals surface area contributed by atoms with E-state index in [0.717, 1.165) is 43.3 Å². The predicted octanol–water partition coefficient (Wildman–Crippen LogP) is 2.57. The van der Waals surface area contributed by atoms with Crippen molar-refractivity contribution in [2.45, 2.75) is 63.2 Å². The van der Waals surface area contributed by atoms with Crippen LogP contribution in [0.2, 0.25) is 0 Å². The smallest absolute Gasteiger partial charge is 0.125 e. The summed E-state index contributed by atoms with van der Waals surface area (Å²) in [6.07, 6.45) is 6.58. The monoisotopic (exact) mass is 367 g/mol. The molecule has 1 saturated heterocycles. The highest BCUT2D eigenvalue weighted by Gasteiger charge is 2.29. The largest absolute Gasteiger partial charge is 0.490 e. The molecule has 1 heterocycles. The summed E-state index contributed by atoms with van der Waals surface area (Å²) in [5.41, 5.74) is 0.901. The quantitative estimate of drug-likeness (QED) is 0.786. The zero-order chi connectivity index (χ0) is 18.9. The van der Waals surface area contributed by atoms with Crippen LogP contribution in [0.1, 0.15) is 50.5 Å². The molecule has 1 aromatic carbocycles. The first kappa shape index (κ1) is 19.8. The minimum atomic E-state index is -0.766. The highest BCUT2D eigenvalue weighted by molar-refractivity contribution is 5.38. The molecule has 0 amide bonds. The lowest BCUT2D eigenvalue weighted by Gasteiger charge is -2.41. The molecule has 4 nitrogen and oxygen atoms in total.